The maximum atomic E-state index is 14.0. The van der Waals surface area contributed by atoms with Crippen LogP contribution >= 0.6 is 0 Å². The molecule has 0 spiro atoms. The summed E-state index contributed by atoms with van der Waals surface area (Å²) in [5.74, 6) is -0.587. The second-order valence-corrected chi connectivity index (χ2v) is 5.40. The average molecular weight is 296 g/mol. The van der Waals surface area contributed by atoms with Gasteiger partial charge in [0.2, 0.25) is 0 Å². The zero-order valence-corrected chi connectivity index (χ0v) is 12.4. The number of methoxy groups -OCH3 is 1. The van der Waals surface area contributed by atoms with Crippen molar-refractivity contribution in [3.63, 3.8) is 0 Å². The van der Waals surface area contributed by atoms with Crippen LogP contribution in [0.2, 0.25) is 0 Å². The predicted octanol–water partition coefficient (Wildman–Crippen LogP) is 4.39. The third kappa shape index (κ3) is 2.80. The normalized spacial score (nSPS) is 15.5. The molecule has 2 nitrogen and oxygen atoms in total. The monoisotopic (exact) mass is 296 g/mol. The quantitative estimate of drug-likeness (QED) is 0.607. The van der Waals surface area contributed by atoms with E-state index in [0.29, 0.717) is 5.56 Å². The van der Waals surface area contributed by atoms with Crippen LogP contribution in [-0.4, -0.2) is 13.1 Å². The van der Waals surface area contributed by atoms with Gasteiger partial charge in [0.15, 0.2) is 0 Å². The molecule has 112 valence electrons. The predicted molar refractivity (Wildman–Crippen MR) is 84.8 cm³/mol. The first-order valence-corrected chi connectivity index (χ1v) is 7.36. The van der Waals surface area contributed by atoms with E-state index < -0.39 is 0 Å². The Morgan fingerprint density at radius 2 is 1.95 bits per heavy atom. The molecular weight excluding hydrogens is 279 g/mol. The van der Waals surface area contributed by atoms with E-state index in [2.05, 4.69) is 0 Å². The lowest BCUT2D eigenvalue weighted by atomic mass is 9.85. The standard InChI is InChI=1S/C19H17FO2/c1-22-19(21)12-14-6-4-5-13-9-10-15(11-17(13)14)16-7-2-3-8-18(16)20/h2-3,7-12H,4-6H2,1H3/b14-12+. The number of halogens is 1. The molecule has 0 atom stereocenters. The molecule has 0 amide bonds. The van der Waals surface area contributed by atoms with Gasteiger partial charge in [-0.1, -0.05) is 30.3 Å². The minimum atomic E-state index is -0.348. The van der Waals surface area contributed by atoms with E-state index in [1.54, 1.807) is 18.2 Å². The van der Waals surface area contributed by atoms with Crippen LogP contribution in [0.5, 0.6) is 0 Å². The number of rotatable bonds is 2. The van der Waals surface area contributed by atoms with E-state index >= 15 is 0 Å². The minimum Gasteiger partial charge on any atom is -0.466 e. The van der Waals surface area contributed by atoms with Crippen molar-refractivity contribution >= 4 is 11.5 Å². The van der Waals surface area contributed by atoms with Gasteiger partial charge in [-0.2, -0.15) is 0 Å². The Labute approximate surface area is 129 Å². The number of fused-ring (bicyclic) bond motifs is 1. The van der Waals surface area contributed by atoms with Gasteiger partial charge in [0.1, 0.15) is 5.82 Å². The van der Waals surface area contributed by atoms with Gasteiger partial charge in [0, 0.05) is 11.6 Å². The molecule has 0 bridgehead atoms. The Bertz CT molecular complexity index is 747. The highest BCUT2D eigenvalue weighted by Gasteiger charge is 2.17. The van der Waals surface area contributed by atoms with Crippen molar-refractivity contribution in [2.24, 2.45) is 0 Å². The Balaban J connectivity index is 2.08. The summed E-state index contributed by atoms with van der Waals surface area (Å²) in [5.41, 5.74) is 4.59. The Morgan fingerprint density at radius 1 is 1.14 bits per heavy atom. The first-order valence-electron chi connectivity index (χ1n) is 7.36. The lowest BCUT2D eigenvalue weighted by Crippen LogP contribution is -2.05. The van der Waals surface area contributed by atoms with Gasteiger partial charge < -0.3 is 4.74 Å². The summed E-state index contributed by atoms with van der Waals surface area (Å²) in [6.45, 7) is 0. The molecule has 0 aromatic heterocycles. The molecule has 0 unspecified atom stereocenters. The highest BCUT2D eigenvalue weighted by molar-refractivity contribution is 5.92. The van der Waals surface area contributed by atoms with Gasteiger partial charge in [-0.25, -0.2) is 9.18 Å². The first kappa shape index (κ1) is 14.5. The van der Waals surface area contributed by atoms with E-state index in [1.807, 2.05) is 24.3 Å². The fourth-order valence-corrected chi connectivity index (χ4v) is 2.91. The fraction of sp³-hybridized carbons (Fsp3) is 0.211. The van der Waals surface area contributed by atoms with Gasteiger partial charge in [0.05, 0.1) is 7.11 Å². The fourth-order valence-electron chi connectivity index (χ4n) is 2.91. The number of esters is 1. The summed E-state index contributed by atoms with van der Waals surface area (Å²) in [6.07, 6.45) is 4.37. The van der Waals surface area contributed by atoms with Crippen LogP contribution in [0.25, 0.3) is 16.7 Å². The molecule has 0 saturated heterocycles. The molecular formula is C19H17FO2. The molecule has 0 N–H and O–H groups in total. The van der Waals surface area contributed by atoms with Crippen molar-refractivity contribution in [2.75, 3.05) is 7.11 Å². The molecule has 3 rings (SSSR count). The second kappa shape index (κ2) is 6.14. The summed E-state index contributed by atoms with van der Waals surface area (Å²) < 4.78 is 18.7. The minimum absolute atomic E-state index is 0.239. The number of allylic oxidation sites excluding steroid dienone is 1. The van der Waals surface area contributed by atoms with Crippen LogP contribution in [0.3, 0.4) is 0 Å². The molecule has 2 aromatic rings. The number of carbonyl (C=O) groups is 1. The molecule has 0 radical (unpaired) electrons. The number of aryl methyl sites for hydroxylation is 1. The molecule has 1 aliphatic rings. The maximum absolute atomic E-state index is 14.0. The molecule has 22 heavy (non-hydrogen) atoms. The molecule has 2 aromatic carbocycles. The molecule has 0 saturated carbocycles. The van der Waals surface area contributed by atoms with Crippen molar-refractivity contribution in [2.45, 2.75) is 19.3 Å². The largest absolute Gasteiger partial charge is 0.466 e. The lowest BCUT2D eigenvalue weighted by Gasteiger charge is -2.20. The number of benzene rings is 2. The van der Waals surface area contributed by atoms with Crippen LogP contribution < -0.4 is 0 Å². The summed E-state index contributed by atoms with van der Waals surface area (Å²) in [5, 5.41) is 0. The van der Waals surface area contributed by atoms with E-state index in [-0.39, 0.29) is 11.8 Å². The van der Waals surface area contributed by atoms with Crippen LogP contribution in [0.1, 0.15) is 24.0 Å². The smallest absolute Gasteiger partial charge is 0.330 e. The molecule has 0 aliphatic heterocycles. The van der Waals surface area contributed by atoms with Crippen molar-refractivity contribution in [1.82, 2.24) is 0 Å². The first-order chi connectivity index (χ1) is 10.7. The third-order valence-corrected chi connectivity index (χ3v) is 4.03. The van der Waals surface area contributed by atoms with Crippen molar-refractivity contribution in [3.05, 3.63) is 65.5 Å². The number of hydrogen-bond acceptors (Lipinski definition) is 2. The number of hydrogen-bond donors (Lipinski definition) is 0. The topological polar surface area (TPSA) is 26.3 Å². The molecule has 0 fully saturated rings. The van der Waals surface area contributed by atoms with Crippen molar-refractivity contribution < 1.29 is 13.9 Å². The highest BCUT2D eigenvalue weighted by Crippen LogP contribution is 2.34. The van der Waals surface area contributed by atoms with Gasteiger partial charge in [0.25, 0.3) is 0 Å². The van der Waals surface area contributed by atoms with Crippen molar-refractivity contribution in [1.29, 1.82) is 0 Å². The van der Waals surface area contributed by atoms with Crippen LogP contribution in [0, 0.1) is 5.82 Å². The third-order valence-electron chi connectivity index (χ3n) is 4.03. The summed E-state index contributed by atoms with van der Waals surface area (Å²) in [6, 6.07) is 12.7. The highest BCUT2D eigenvalue weighted by atomic mass is 19.1. The van der Waals surface area contributed by atoms with E-state index in [4.69, 9.17) is 4.74 Å². The van der Waals surface area contributed by atoms with Gasteiger partial charge in [-0.05, 0) is 53.7 Å². The maximum Gasteiger partial charge on any atom is 0.330 e. The molecule has 0 heterocycles. The lowest BCUT2D eigenvalue weighted by molar-refractivity contribution is -0.134. The summed E-state index contributed by atoms with van der Waals surface area (Å²) >= 11 is 0. The Kier molecular flexibility index (Phi) is 4.05. The van der Waals surface area contributed by atoms with Crippen LogP contribution in [0.4, 0.5) is 4.39 Å². The van der Waals surface area contributed by atoms with Crippen LogP contribution in [0.15, 0.2) is 48.5 Å². The van der Waals surface area contributed by atoms with Gasteiger partial charge in [-0.3, -0.25) is 0 Å². The SMILES string of the molecule is COC(=O)/C=C1\CCCc2ccc(-c3ccccc3F)cc21. The summed E-state index contributed by atoms with van der Waals surface area (Å²) in [7, 11) is 1.37. The molecule has 3 heteroatoms. The van der Waals surface area contributed by atoms with Gasteiger partial charge in [-0.15, -0.1) is 0 Å². The number of carbonyl (C=O) groups excluding carboxylic acids is 1. The molecule has 1 aliphatic carbocycles. The van der Waals surface area contributed by atoms with Crippen LogP contribution in [-0.2, 0) is 16.0 Å². The van der Waals surface area contributed by atoms with Crippen molar-refractivity contribution in [3.8, 4) is 11.1 Å². The van der Waals surface area contributed by atoms with Gasteiger partial charge >= 0.3 is 5.97 Å². The number of ether oxygens (including phenoxy) is 1. The zero-order chi connectivity index (χ0) is 15.5. The Hall–Kier alpha value is -2.42. The van der Waals surface area contributed by atoms with E-state index in [1.165, 1.54) is 18.7 Å². The zero-order valence-electron chi connectivity index (χ0n) is 12.4. The van der Waals surface area contributed by atoms with E-state index in [9.17, 15) is 9.18 Å². The van der Waals surface area contributed by atoms with E-state index in [0.717, 1.165) is 36.0 Å². The average Bonchev–Trinajstić information content (AvgIpc) is 2.55. The summed E-state index contributed by atoms with van der Waals surface area (Å²) in [4.78, 5) is 11.5. The Morgan fingerprint density at radius 3 is 2.73 bits per heavy atom. The second-order valence-electron chi connectivity index (χ2n) is 5.40.